The molecule has 8 heteroatoms. The highest BCUT2D eigenvalue weighted by atomic mass is 19.1. The fourth-order valence-corrected chi connectivity index (χ4v) is 3.87. The van der Waals surface area contributed by atoms with Gasteiger partial charge in [0.15, 0.2) is 5.65 Å². The second-order valence-corrected chi connectivity index (χ2v) is 7.02. The molecule has 0 radical (unpaired) electrons. The van der Waals surface area contributed by atoms with E-state index in [0.717, 1.165) is 34.9 Å². The quantitative estimate of drug-likeness (QED) is 0.526. The van der Waals surface area contributed by atoms with Crippen LogP contribution in [-0.2, 0) is 0 Å². The van der Waals surface area contributed by atoms with E-state index in [9.17, 15) is 13.6 Å². The van der Waals surface area contributed by atoms with Crippen LogP contribution in [0.3, 0.4) is 0 Å². The molecule has 6 nitrogen and oxygen atoms in total. The number of imidazole rings is 1. The first-order valence-electron chi connectivity index (χ1n) is 9.21. The molecule has 29 heavy (non-hydrogen) atoms. The van der Waals surface area contributed by atoms with Gasteiger partial charge in [0.2, 0.25) is 0 Å². The summed E-state index contributed by atoms with van der Waals surface area (Å²) >= 11 is 0. The van der Waals surface area contributed by atoms with Crippen molar-refractivity contribution in [1.82, 2.24) is 19.4 Å². The molecule has 1 aliphatic rings. The number of furan rings is 1. The van der Waals surface area contributed by atoms with E-state index in [1.165, 1.54) is 0 Å². The Morgan fingerprint density at radius 3 is 2.76 bits per heavy atom. The van der Waals surface area contributed by atoms with E-state index >= 15 is 0 Å². The third kappa shape index (κ3) is 3.06. The number of nitrogens with zero attached hydrogens (tertiary/aromatic N) is 4. The molecule has 0 saturated carbocycles. The summed E-state index contributed by atoms with van der Waals surface area (Å²) < 4.78 is 34.3. The number of halogens is 2. The molecule has 4 heterocycles. The number of benzene rings is 1. The second-order valence-electron chi connectivity index (χ2n) is 7.02. The van der Waals surface area contributed by atoms with Crippen molar-refractivity contribution >= 4 is 17.1 Å². The lowest BCUT2D eigenvalue weighted by molar-refractivity contribution is 0.0787. The van der Waals surface area contributed by atoms with Crippen LogP contribution in [0.25, 0.3) is 22.6 Å². The van der Waals surface area contributed by atoms with Crippen LogP contribution in [0.5, 0.6) is 0 Å². The first kappa shape index (κ1) is 17.5. The van der Waals surface area contributed by atoms with E-state index in [4.69, 9.17) is 4.42 Å². The molecular formula is C21H16F2N4O2. The molecule has 0 spiro atoms. The van der Waals surface area contributed by atoms with Crippen LogP contribution in [0.2, 0.25) is 0 Å². The monoisotopic (exact) mass is 394 g/mol. The number of aromatic nitrogens is 3. The summed E-state index contributed by atoms with van der Waals surface area (Å²) in [5, 5.41) is 0. The van der Waals surface area contributed by atoms with Crippen LogP contribution in [-0.4, -0.2) is 38.4 Å². The Bertz CT molecular complexity index is 1180. The predicted octanol–water partition coefficient (Wildman–Crippen LogP) is 4.06. The number of fused-ring (bicyclic) bond motifs is 1. The number of rotatable bonds is 3. The third-order valence-electron chi connectivity index (χ3n) is 5.15. The molecule has 1 unspecified atom stereocenters. The molecule has 5 rings (SSSR count). The number of pyridine rings is 1. The standard InChI is InChI=1S/C21H16F2N4O2/c22-15-8-14(9-16(23)10-15)21(28)26-6-3-17(11-26)27-19(13-4-7-29-12-13)25-18-2-1-5-24-20(18)27/h1-2,4-5,7-10,12,17H,3,6,11H2. The molecule has 0 N–H and O–H groups in total. The van der Waals surface area contributed by atoms with E-state index in [2.05, 4.69) is 9.97 Å². The van der Waals surface area contributed by atoms with Gasteiger partial charge >= 0.3 is 0 Å². The smallest absolute Gasteiger partial charge is 0.254 e. The summed E-state index contributed by atoms with van der Waals surface area (Å²) in [6.45, 7) is 0.864. The van der Waals surface area contributed by atoms with Crippen LogP contribution in [0.15, 0.2) is 59.5 Å². The van der Waals surface area contributed by atoms with Gasteiger partial charge in [0.25, 0.3) is 5.91 Å². The average Bonchev–Trinajstić information content (AvgIpc) is 3.44. The highest BCUT2D eigenvalue weighted by Crippen LogP contribution is 2.32. The highest BCUT2D eigenvalue weighted by Gasteiger charge is 2.31. The number of amides is 1. The largest absolute Gasteiger partial charge is 0.472 e. The highest BCUT2D eigenvalue weighted by molar-refractivity contribution is 5.94. The van der Waals surface area contributed by atoms with Crippen molar-refractivity contribution in [2.24, 2.45) is 0 Å². The normalized spacial score (nSPS) is 16.6. The van der Waals surface area contributed by atoms with E-state index in [1.807, 2.05) is 22.8 Å². The van der Waals surface area contributed by atoms with Crippen molar-refractivity contribution in [2.75, 3.05) is 13.1 Å². The zero-order valence-corrected chi connectivity index (χ0v) is 15.3. The molecule has 1 saturated heterocycles. The second kappa shape index (κ2) is 6.80. The van der Waals surface area contributed by atoms with Gasteiger partial charge in [-0.25, -0.2) is 18.7 Å². The number of likely N-dealkylation sites (tertiary alicyclic amines) is 1. The minimum absolute atomic E-state index is 0.00632. The molecule has 0 aliphatic carbocycles. The van der Waals surface area contributed by atoms with Gasteiger partial charge in [-0.1, -0.05) is 0 Å². The first-order valence-corrected chi connectivity index (χ1v) is 9.21. The van der Waals surface area contributed by atoms with E-state index in [1.54, 1.807) is 23.6 Å². The zero-order chi connectivity index (χ0) is 20.0. The molecular weight excluding hydrogens is 378 g/mol. The van der Waals surface area contributed by atoms with Crippen LogP contribution in [0, 0.1) is 11.6 Å². The summed E-state index contributed by atoms with van der Waals surface area (Å²) in [5.41, 5.74) is 2.30. The van der Waals surface area contributed by atoms with Crippen molar-refractivity contribution < 1.29 is 18.0 Å². The summed E-state index contributed by atoms with van der Waals surface area (Å²) in [7, 11) is 0. The molecule has 4 aromatic rings. The van der Waals surface area contributed by atoms with Gasteiger partial charge in [-0.05, 0) is 36.8 Å². The minimum atomic E-state index is -0.767. The maximum Gasteiger partial charge on any atom is 0.254 e. The van der Waals surface area contributed by atoms with Crippen LogP contribution >= 0.6 is 0 Å². The van der Waals surface area contributed by atoms with Gasteiger partial charge in [0.05, 0.1) is 17.9 Å². The van der Waals surface area contributed by atoms with Crippen molar-refractivity contribution in [2.45, 2.75) is 12.5 Å². The van der Waals surface area contributed by atoms with Crippen LogP contribution in [0.4, 0.5) is 8.78 Å². The Balaban J connectivity index is 1.49. The Labute approximate surface area is 164 Å². The maximum atomic E-state index is 13.5. The topological polar surface area (TPSA) is 64.2 Å². The SMILES string of the molecule is O=C(c1cc(F)cc(F)c1)N1CCC(n2c(-c3ccoc3)nc3cccnc32)C1. The van der Waals surface area contributed by atoms with Crippen LogP contribution < -0.4 is 0 Å². The van der Waals surface area contributed by atoms with Crippen molar-refractivity contribution in [3.05, 3.63) is 72.3 Å². The zero-order valence-electron chi connectivity index (χ0n) is 15.3. The lowest BCUT2D eigenvalue weighted by Gasteiger charge is -2.18. The Hall–Kier alpha value is -3.55. The van der Waals surface area contributed by atoms with Gasteiger partial charge in [0, 0.05) is 30.9 Å². The molecule has 1 aliphatic heterocycles. The summed E-state index contributed by atoms with van der Waals surface area (Å²) in [6.07, 6.45) is 5.57. The van der Waals surface area contributed by atoms with Gasteiger partial charge in [0.1, 0.15) is 29.2 Å². The molecule has 1 amide bonds. The first-order chi connectivity index (χ1) is 14.1. The van der Waals surface area contributed by atoms with E-state index in [-0.39, 0.29) is 11.6 Å². The number of carbonyl (C=O) groups excluding carboxylic acids is 1. The summed E-state index contributed by atoms with van der Waals surface area (Å²) in [4.78, 5) is 23.5. The number of hydrogen-bond donors (Lipinski definition) is 0. The van der Waals surface area contributed by atoms with Gasteiger partial charge in [-0.3, -0.25) is 4.79 Å². The fourth-order valence-electron chi connectivity index (χ4n) is 3.87. The van der Waals surface area contributed by atoms with Crippen molar-refractivity contribution in [3.63, 3.8) is 0 Å². The Morgan fingerprint density at radius 1 is 1.17 bits per heavy atom. The summed E-state index contributed by atoms with van der Waals surface area (Å²) in [6, 6.07) is 8.34. The van der Waals surface area contributed by atoms with Crippen LogP contribution in [0.1, 0.15) is 22.8 Å². The third-order valence-corrected chi connectivity index (χ3v) is 5.15. The summed E-state index contributed by atoms with van der Waals surface area (Å²) in [5.74, 6) is -1.22. The van der Waals surface area contributed by atoms with Gasteiger partial charge < -0.3 is 13.9 Å². The van der Waals surface area contributed by atoms with Crippen molar-refractivity contribution in [3.8, 4) is 11.4 Å². The lowest BCUT2D eigenvalue weighted by atomic mass is 10.2. The minimum Gasteiger partial charge on any atom is -0.472 e. The Kier molecular flexibility index (Phi) is 4.12. The molecule has 1 atom stereocenters. The number of hydrogen-bond acceptors (Lipinski definition) is 4. The fraction of sp³-hybridized carbons (Fsp3) is 0.190. The van der Waals surface area contributed by atoms with Crippen molar-refractivity contribution in [1.29, 1.82) is 0 Å². The van der Waals surface area contributed by atoms with E-state index in [0.29, 0.717) is 25.3 Å². The van der Waals surface area contributed by atoms with Gasteiger partial charge in [-0.2, -0.15) is 0 Å². The maximum absolute atomic E-state index is 13.5. The molecule has 0 bridgehead atoms. The molecule has 3 aromatic heterocycles. The van der Waals surface area contributed by atoms with E-state index < -0.39 is 17.5 Å². The predicted molar refractivity (Wildman–Crippen MR) is 101 cm³/mol. The molecule has 1 fully saturated rings. The Morgan fingerprint density at radius 2 is 2.00 bits per heavy atom. The molecule has 1 aromatic carbocycles. The average molecular weight is 394 g/mol. The molecule has 146 valence electrons. The van der Waals surface area contributed by atoms with Gasteiger partial charge in [-0.15, -0.1) is 0 Å². The lowest BCUT2D eigenvalue weighted by Crippen LogP contribution is -2.29. The number of carbonyl (C=O) groups is 1.